The molecule has 1 aromatic carbocycles. The maximum atomic E-state index is 5.67. The van der Waals surface area contributed by atoms with Crippen LogP contribution in [0.2, 0.25) is 0 Å². The first-order valence-electron chi connectivity index (χ1n) is 3.99. The van der Waals surface area contributed by atoms with Gasteiger partial charge < -0.3 is 4.74 Å². The molecule has 1 rings (SSSR count). The molecule has 0 amide bonds. The Bertz CT molecular complexity index is 241. The van der Waals surface area contributed by atoms with Crippen LogP contribution in [0.15, 0.2) is 30.3 Å². The van der Waals surface area contributed by atoms with E-state index < -0.39 is 4.33 Å². The molecule has 0 aliphatic rings. The molecule has 1 nitrogen and oxygen atoms in total. The van der Waals surface area contributed by atoms with Gasteiger partial charge in [-0.25, -0.2) is 0 Å². The van der Waals surface area contributed by atoms with Crippen LogP contribution < -0.4 is 4.74 Å². The summed E-state index contributed by atoms with van der Waals surface area (Å²) in [6, 6.07) is 9.52. The van der Waals surface area contributed by atoms with Crippen LogP contribution in [0.4, 0.5) is 0 Å². The molecule has 0 bridgehead atoms. The largest absolute Gasteiger partial charge is 0.493 e. The lowest BCUT2D eigenvalue weighted by molar-refractivity contribution is 0.309. The van der Waals surface area contributed by atoms with Gasteiger partial charge in [0.1, 0.15) is 10.1 Å². The summed E-state index contributed by atoms with van der Waals surface area (Å²) in [5, 5.41) is 0. The number of benzene rings is 1. The second kappa shape index (κ2) is 4.73. The van der Waals surface area contributed by atoms with E-state index in [2.05, 4.69) is 6.92 Å². The second-order valence-corrected chi connectivity index (χ2v) is 4.41. The first-order valence-corrected chi connectivity index (χ1v) is 4.74. The minimum Gasteiger partial charge on any atom is -0.493 e. The van der Waals surface area contributed by atoms with Gasteiger partial charge in [-0.05, 0) is 19.1 Å². The molecule has 3 heteroatoms. The first kappa shape index (κ1) is 10.7. The minimum absolute atomic E-state index is 0.473. The van der Waals surface area contributed by atoms with E-state index in [1.165, 1.54) is 0 Å². The molecule has 1 aromatic rings. The minimum atomic E-state index is -0.950. The molecular weight excluding hydrogens is 207 g/mol. The van der Waals surface area contributed by atoms with Crippen LogP contribution in [0.1, 0.15) is 6.42 Å². The van der Waals surface area contributed by atoms with Gasteiger partial charge in [-0.1, -0.05) is 18.2 Å². The van der Waals surface area contributed by atoms with E-state index in [1.807, 2.05) is 30.3 Å². The fourth-order valence-electron chi connectivity index (χ4n) is 0.835. The number of halogens is 2. The van der Waals surface area contributed by atoms with Crippen molar-refractivity contribution in [2.24, 2.45) is 0 Å². The molecule has 0 spiro atoms. The zero-order valence-electron chi connectivity index (χ0n) is 7.17. The molecule has 71 valence electrons. The smallest absolute Gasteiger partial charge is 0.121 e. The summed E-state index contributed by atoms with van der Waals surface area (Å²) in [5.74, 6) is 0.820. The molecule has 0 aliphatic heterocycles. The first-order chi connectivity index (χ1) is 6.08. The third-order valence-corrected chi connectivity index (χ3v) is 1.86. The van der Waals surface area contributed by atoms with Crippen LogP contribution in [0.5, 0.6) is 5.75 Å². The van der Waals surface area contributed by atoms with Crippen molar-refractivity contribution >= 4 is 23.2 Å². The van der Waals surface area contributed by atoms with Crippen LogP contribution in [0.25, 0.3) is 0 Å². The van der Waals surface area contributed by atoms with Crippen LogP contribution in [-0.4, -0.2) is 10.9 Å². The number of rotatable bonds is 4. The molecule has 0 saturated heterocycles. The standard InChI is InChI=1S/C10H11Cl2O/c1-10(11,12)7-8-13-9-5-3-2-4-6-9/h2-6H,1,7-8H2. The quantitative estimate of drug-likeness (QED) is 0.703. The second-order valence-electron chi connectivity index (χ2n) is 2.77. The molecule has 0 N–H and O–H groups in total. The molecule has 1 radical (unpaired) electrons. The van der Waals surface area contributed by atoms with Crippen molar-refractivity contribution in [3.8, 4) is 5.75 Å². The lowest BCUT2D eigenvalue weighted by atomic mass is 10.3. The summed E-state index contributed by atoms with van der Waals surface area (Å²) in [7, 11) is 0. The number of para-hydroxylation sites is 1. The Labute approximate surface area is 88.6 Å². The summed E-state index contributed by atoms with van der Waals surface area (Å²) in [6.45, 7) is 4.03. The average molecular weight is 218 g/mol. The van der Waals surface area contributed by atoms with Crippen LogP contribution in [0.3, 0.4) is 0 Å². The number of hydrogen-bond donors (Lipinski definition) is 0. The topological polar surface area (TPSA) is 9.23 Å². The molecule has 0 aliphatic carbocycles. The molecule has 13 heavy (non-hydrogen) atoms. The van der Waals surface area contributed by atoms with Crippen molar-refractivity contribution < 1.29 is 4.74 Å². The maximum absolute atomic E-state index is 5.67. The Morgan fingerprint density at radius 3 is 2.38 bits per heavy atom. The lowest BCUT2D eigenvalue weighted by Gasteiger charge is -2.13. The van der Waals surface area contributed by atoms with E-state index >= 15 is 0 Å². The molecule has 0 fully saturated rings. The van der Waals surface area contributed by atoms with E-state index in [4.69, 9.17) is 27.9 Å². The van der Waals surface area contributed by atoms with Crippen molar-refractivity contribution in [3.05, 3.63) is 37.3 Å². The predicted molar refractivity (Wildman–Crippen MR) is 56.3 cm³/mol. The van der Waals surface area contributed by atoms with Crippen molar-refractivity contribution in [2.45, 2.75) is 10.8 Å². The molecular formula is C10H11Cl2O. The van der Waals surface area contributed by atoms with E-state index in [-0.39, 0.29) is 0 Å². The average Bonchev–Trinajstić information content (AvgIpc) is 2.04. The summed E-state index contributed by atoms with van der Waals surface area (Å²) < 4.78 is 4.42. The van der Waals surface area contributed by atoms with Crippen LogP contribution >= 0.6 is 23.2 Å². The zero-order chi connectivity index (χ0) is 9.73. The SMILES string of the molecule is [CH2]C(Cl)(Cl)CCOc1ccccc1. The fraction of sp³-hybridized carbons (Fsp3) is 0.300. The van der Waals surface area contributed by atoms with E-state index in [0.717, 1.165) is 5.75 Å². The third kappa shape index (κ3) is 5.02. The van der Waals surface area contributed by atoms with Crippen LogP contribution in [0, 0.1) is 6.92 Å². The molecule has 0 unspecified atom stereocenters. The van der Waals surface area contributed by atoms with Gasteiger partial charge in [0.25, 0.3) is 0 Å². The summed E-state index contributed by atoms with van der Waals surface area (Å²) in [5.41, 5.74) is 0. The van der Waals surface area contributed by atoms with E-state index in [9.17, 15) is 0 Å². The van der Waals surface area contributed by atoms with Gasteiger partial charge in [-0.2, -0.15) is 0 Å². The monoisotopic (exact) mass is 217 g/mol. The van der Waals surface area contributed by atoms with Gasteiger partial charge in [-0.3, -0.25) is 0 Å². The highest BCUT2D eigenvalue weighted by Crippen LogP contribution is 2.23. The van der Waals surface area contributed by atoms with Gasteiger partial charge >= 0.3 is 0 Å². The molecule has 0 heterocycles. The van der Waals surface area contributed by atoms with E-state index in [0.29, 0.717) is 13.0 Å². The third-order valence-electron chi connectivity index (χ3n) is 1.48. The summed E-state index contributed by atoms with van der Waals surface area (Å²) in [4.78, 5) is 0. The zero-order valence-corrected chi connectivity index (χ0v) is 8.68. The lowest BCUT2D eigenvalue weighted by Crippen LogP contribution is -2.12. The van der Waals surface area contributed by atoms with Crippen molar-refractivity contribution in [1.82, 2.24) is 0 Å². The Kier molecular flexibility index (Phi) is 3.89. The fourth-order valence-corrected chi connectivity index (χ4v) is 0.989. The maximum Gasteiger partial charge on any atom is 0.121 e. The Balaban J connectivity index is 2.29. The molecule has 0 aromatic heterocycles. The predicted octanol–water partition coefficient (Wildman–Crippen LogP) is 3.46. The van der Waals surface area contributed by atoms with Gasteiger partial charge in [0.15, 0.2) is 0 Å². The Hall–Kier alpha value is -0.400. The molecule has 0 atom stereocenters. The van der Waals surface area contributed by atoms with Crippen molar-refractivity contribution in [2.75, 3.05) is 6.61 Å². The van der Waals surface area contributed by atoms with Gasteiger partial charge in [0.05, 0.1) is 6.61 Å². The van der Waals surface area contributed by atoms with Crippen molar-refractivity contribution in [3.63, 3.8) is 0 Å². The van der Waals surface area contributed by atoms with Crippen LogP contribution in [-0.2, 0) is 0 Å². The highest BCUT2D eigenvalue weighted by Gasteiger charge is 2.15. The summed E-state index contributed by atoms with van der Waals surface area (Å²) >= 11 is 11.3. The van der Waals surface area contributed by atoms with Gasteiger partial charge in [0.2, 0.25) is 0 Å². The number of ether oxygens (including phenoxy) is 1. The Morgan fingerprint density at radius 2 is 1.85 bits per heavy atom. The Morgan fingerprint density at radius 1 is 1.23 bits per heavy atom. The van der Waals surface area contributed by atoms with Gasteiger partial charge in [0, 0.05) is 6.42 Å². The number of alkyl halides is 2. The highest BCUT2D eigenvalue weighted by molar-refractivity contribution is 6.48. The normalized spacial score (nSPS) is 11.3. The highest BCUT2D eigenvalue weighted by atomic mass is 35.5. The number of hydrogen-bond acceptors (Lipinski definition) is 1. The molecule has 0 saturated carbocycles. The summed E-state index contributed by atoms with van der Waals surface area (Å²) in [6.07, 6.45) is 0.505. The van der Waals surface area contributed by atoms with Crippen molar-refractivity contribution in [1.29, 1.82) is 0 Å². The van der Waals surface area contributed by atoms with E-state index in [1.54, 1.807) is 0 Å². The van der Waals surface area contributed by atoms with Gasteiger partial charge in [-0.15, -0.1) is 23.2 Å².